The van der Waals surface area contributed by atoms with Gasteiger partial charge in [0.2, 0.25) is 5.91 Å². The Labute approximate surface area is 196 Å². The highest BCUT2D eigenvalue weighted by Gasteiger charge is 2.57. The summed E-state index contributed by atoms with van der Waals surface area (Å²) in [6, 6.07) is 5.80. The second-order valence-corrected chi connectivity index (χ2v) is 10.2. The van der Waals surface area contributed by atoms with Gasteiger partial charge in [-0.2, -0.15) is 0 Å². The number of oxime groups is 1. The number of aromatic nitrogens is 1. The van der Waals surface area contributed by atoms with Crippen LogP contribution in [0.15, 0.2) is 35.6 Å². The molecule has 2 N–H and O–H groups in total. The Morgan fingerprint density at radius 1 is 1.24 bits per heavy atom. The zero-order chi connectivity index (χ0) is 24.0. The van der Waals surface area contributed by atoms with Gasteiger partial charge in [-0.3, -0.25) is 4.79 Å². The van der Waals surface area contributed by atoms with Crippen molar-refractivity contribution in [3.8, 4) is 0 Å². The number of aryl methyl sites for hydroxylation is 1. The monoisotopic (exact) mass is 471 g/mol. The van der Waals surface area contributed by atoms with Crippen LogP contribution in [0.1, 0.15) is 62.5 Å². The molecule has 3 unspecified atom stereocenters. The third kappa shape index (κ3) is 3.87. The zero-order valence-electron chi connectivity index (χ0n) is 19.0. The molecule has 1 amide bonds. The number of hydrogen-bond donors (Lipinski definition) is 2. The van der Waals surface area contributed by atoms with Gasteiger partial charge in [0.05, 0.1) is 11.9 Å². The predicted octanol–water partition coefficient (Wildman–Crippen LogP) is 5.83. The molecule has 0 spiro atoms. The summed E-state index contributed by atoms with van der Waals surface area (Å²) in [6.07, 6.45) is 5.79. The first-order chi connectivity index (χ1) is 16.3. The molecule has 5 nitrogen and oxygen atoms in total. The molecule has 2 aromatic rings. The minimum atomic E-state index is -0.913. The van der Waals surface area contributed by atoms with Crippen LogP contribution in [0.5, 0.6) is 0 Å². The molecule has 2 fully saturated rings. The van der Waals surface area contributed by atoms with Gasteiger partial charge in [-0.25, -0.2) is 18.2 Å². The van der Waals surface area contributed by atoms with Crippen LogP contribution in [0.3, 0.4) is 0 Å². The van der Waals surface area contributed by atoms with E-state index in [0.717, 1.165) is 43.2 Å². The van der Waals surface area contributed by atoms with Gasteiger partial charge in [-0.15, -0.1) is 0 Å². The molecular formula is C26H28F3N3O2. The highest BCUT2D eigenvalue weighted by molar-refractivity contribution is 5.93. The Kier molecular flexibility index (Phi) is 5.86. The van der Waals surface area contributed by atoms with Gasteiger partial charge in [-0.05, 0) is 85.5 Å². The lowest BCUT2D eigenvalue weighted by atomic mass is 9.54. The third-order valence-electron chi connectivity index (χ3n) is 8.49. The summed E-state index contributed by atoms with van der Waals surface area (Å²) in [5.41, 5.74) is 2.86. The van der Waals surface area contributed by atoms with E-state index in [9.17, 15) is 23.2 Å². The highest BCUT2D eigenvalue weighted by atomic mass is 19.1. The summed E-state index contributed by atoms with van der Waals surface area (Å²) in [6.45, 7) is 2.17. The second kappa shape index (κ2) is 8.71. The molecule has 5 atom stereocenters. The quantitative estimate of drug-likeness (QED) is 0.435. The van der Waals surface area contributed by atoms with Crippen LogP contribution in [0.25, 0.3) is 0 Å². The first-order valence-corrected chi connectivity index (χ1v) is 11.9. The van der Waals surface area contributed by atoms with Gasteiger partial charge < -0.3 is 10.5 Å². The molecule has 0 aliphatic heterocycles. The largest absolute Gasteiger partial charge is 0.411 e. The summed E-state index contributed by atoms with van der Waals surface area (Å²) in [7, 11) is 0. The summed E-state index contributed by atoms with van der Waals surface area (Å²) < 4.78 is 40.8. The number of halogens is 3. The lowest BCUT2D eigenvalue weighted by Gasteiger charge is -2.50. The molecule has 180 valence electrons. The summed E-state index contributed by atoms with van der Waals surface area (Å²) in [4.78, 5) is 16.2. The van der Waals surface area contributed by atoms with Crippen LogP contribution in [-0.2, 0) is 11.2 Å². The number of rotatable bonds is 4. The Hall–Kier alpha value is -2.90. The maximum Gasteiger partial charge on any atom is 0.225 e. The van der Waals surface area contributed by atoms with E-state index in [2.05, 4.69) is 22.4 Å². The van der Waals surface area contributed by atoms with E-state index in [1.807, 2.05) is 6.07 Å². The predicted molar refractivity (Wildman–Crippen MR) is 121 cm³/mol. The Morgan fingerprint density at radius 3 is 2.82 bits per heavy atom. The lowest BCUT2D eigenvalue weighted by molar-refractivity contribution is -0.116. The van der Waals surface area contributed by atoms with E-state index < -0.39 is 11.6 Å². The maximum absolute atomic E-state index is 13.9. The van der Waals surface area contributed by atoms with Crippen LogP contribution in [0, 0.1) is 40.6 Å². The van der Waals surface area contributed by atoms with Crippen molar-refractivity contribution in [3.63, 3.8) is 0 Å². The molecule has 34 heavy (non-hydrogen) atoms. The van der Waals surface area contributed by atoms with Gasteiger partial charge in [0.25, 0.3) is 0 Å². The summed E-state index contributed by atoms with van der Waals surface area (Å²) >= 11 is 0. The van der Waals surface area contributed by atoms with Gasteiger partial charge >= 0.3 is 0 Å². The van der Waals surface area contributed by atoms with E-state index in [1.165, 1.54) is 11.6 Å². The van der Waals surface area contributed by atoms with Gasteiger partial charge in [-0.1, -0.05) is 18.1 Å². The first kappa shape index (κ1) is 22.9. The number of carbonyl (C=O) groups excluding carboxylic acids is 1. The van der Waals surface area contributed by atoms with Crippen molar-refractivity contribution in [2.45, 2.75) is 57.8 Å². The smallest absolute Gasteiger partial charge is 0.225 e. The van der Waals surface area contributed by atoms with E-state index in [-0.39, 0.29) is 41.2 Å². The average Bonchev–Trinajstić information content (AvgIpc) is 3.11. The topological polar surface area (TPSA) is 74.6 Å². The van der Waals surface area contributed by atoms with Crippen molar-refractivity contribution in [2.24, 2.45) is 28.3 Å². The van der Waals surface area contributed by atoms with Crippen molar-refractivity contribution in [1.29, 1.82) is 0 Å². The molecule has 1 aromatic carbocycles. The fourth-order valence-corrected chi connectivity index (χ4v) is 7.07. The SMILES string of the molecule is C[C@]12CCC3c4ccc(F)cc4CCC3C1[C@H](CCC(=O)Nc1ncc(F)cc1F)C/C2=N\O. The minimum Gasteiger partial charge on any atom is -0.411 e. The minimum absolute atomic E-state index is 0.141. The number of nitrogens with zero attached hydrogens (tertiary/aromatic N) is 2. The Balaban J connectivity index is 1.34. The summed E-state index contributed by atoms with van der Waals surface area (Å²) in [5.74, 6) is -1.52. The van der Waals surface area contributed by atoms with E-state index in [0.29, 0.717) is 30.7 Å². The molecule has 1 heterocycles. The average molecular weight is 472 g/mol. The molecule has 0 radical (unpaired) electrons. The van der Waals surface area contributed by atoms with E-state index >= 15 is 0 Å². The Bertz CT molecular complexity index is 1150. The normalized spacial score (nSPS) is 31.0. The molecule has 3 aliphatic carbocycles. The lowest BCUT2D eigenvalue weighted by Crippen LogP contribution is -2.44. The number of amides is 1. The summed E-state index contributed by atoms with van der Waals surface area (Å²) in [5, 5.41) is 15.9. The van der Waals surface area contributed by atoms with E-state index in [4.69, 9.17) is 0 Å². The highest BCUT2D eigenvalue weighted by Crippen LogP contribution is 2.62. The van der Waals surface area contributed by atoms with Crippen molar-refractivity contribution in [1.82, 2.24) is 4.98 Å². The number of benzene rings is 1. The molecule has 0 saturated heterocycles. The van der Waals surface area contributed by atoms with Crippen molar-refractivity contribution < 1.29 is 23.2 Å². The number of pyridine rings is 1. The number of nitrogens with one attached hydrogen (secondary N) is 1. The fourth-order valence-electron chi connectivity index (χ4n) is 7.07. The molecule has 5 rings (SSSR count). The third-order valence-corrected chi connectivity index (χ3v) is 8.49. The van der Waals surface area contributed by atoms with Crippen molar-refractivity contribution in [3.05, 3.63) is 59.0 Å². The van der Waals surface area contributed by atoms with Gasteiger partial charge in [0.1, 0.15) is 11.6 Å². The van der Waals surface area contributed by atoms with Crippen LogP contribution in [0.4, 0.5) is 19.0 Å². The number of fused-ring (bicyclic) bond motifs is 5. The van der Waals surface area contributed by atoms with Gasteiger partial charge in [0.15, 0.2) is 11.6 Å². The second-order valence-electron chi connectivity index (χ2n) is 10.2. The van der Waals surface area contributed by atoms with Crippen molar-refractivity contribution >= 4 is 17.4 Å². The van der Waals surface area contributed by atoms with E-state index in [1.54, 1.807) is 6.07 Å². The van der Waals surface area contributed by atoms with Crippen molar-refractivity contribution in [2.75, 3.05) is 5.32 Å². The maximum atomic E-state index is 13.9. The number of carbonyl (C=O) groups is 1. The first-order valence-electron chi connectivity index (χ1n) is 11.9. The number of hydrogen-bond acceptors (Lipinski definition) is 4. The molecule has 3 aliphatic rings. The molecule has 8 heteroatoms. The fraction of sp³-hybridized carbons (Fsp3) is 0.500. The molecule has 2 saturated carbocycles. The Morgan fingerprint density at radius 2 is 2.06 bits per heavy atom. The van der Waals surface area contributed by atoms with Crippen LogP contribution in [-0.4, -0.2) is 21.8 Å². The molecule has 0 bridgehead atoms. The van der Waals surface area contributed by atoms with Crippen LogP contribution in [0.2, 0.25) is 0 Å². The molecular weight excluding hydrogens is 443 g/mol. The zero-order valence-corrected chi connectivity index (χ0v) is 19.0. The molecule has 1 aromatic heterocycles. The van der Waals surface area contributed by atoms with Gasteiger partial charge in [0, 0.05) is 17.9 Å². The standard InChI is InChI=1S/C26H28F3N3O2/c1-26-9-8-19-18-6-4-16(27)10-14(18)2-5-20(19)24(26)15(11-22(26)32-34)3-7-23(33)31-25-21(29)12-17(28)13-30-25/h4,6,10,12-13,15,19-20,24,34H,2-3,5,7-9,11H2,1H3,(H,30,31,33)/b32-22+/t15-,19?,20?,24?,26-/m1/s1. The van der Waals surface area contributed by atoms with Crippen LogP contribution >= 0.6 is 0 Å². The van der Waals surface area contributed by atoms with Crippen LogP contribution < -0.4 is 5.32 Å². The number of anilines is 1.